The highest BCUT2D eigenvalue weighted by Crippen LogP contribution is 2.21. The van der Waals surface area contributed by atoms with Crippen LogP contribution in [0.4, 0.5) is 11.8 Å². The number of hydrogen-bond acceptors (Lipinski definition) is 6. The molecule has 0 radical (unpaired) electrons. The van der Waals surface area contributed by atoms with Gasteiger partial charge < -0.3 is 15.7 Å². The van der Waals surface area contributed by atoms with Crippen molar-refractivity contribution in [3.63, 3.8) is 0 Å². The van der Waals surface area contributed by atoms with Crippen molar-refractivity contribution in [2.75, 3.05) is 17.2 Å². The van der Waals surface area contributed by atoms with Gasteiger partial charge in [-0.25, -0.2) is 4.98 Å². The zero-order valence-corrected chi connectivity index (χ0v) is 12.5. The van der Waals surface area contributed by atoms with Crippen LogP contribution in [-0.2, 0) is 0 Å². The molecule has 2 heterocycles. The van der Waals surface area contributed by atoms with Gasteiger partial charge in [-0.05, 0) is 32.9 Å². The van der Waals surface area contributed by atoms with Crippen LogP contribution in [0.5, 0.6) is 0 Å². The fourth-order valence-electron chi connectivity index (χ4n) is 1.81. The van der Waals surface area contributed by atoms with Crippen LogP contribution in [0.25, 0.3) is 11.3 Å². The van der Waals surface area contributed by atoms with Crippen LogP contribution >= 0.6 is 0 Å². The van der Waals surface area contributed by atoms with Crippen molar-refractivity contribution >= 4 is 11.8 Å². The van der Waals surface area contributed by atoms with Gasteiger partial charge in [0.1, 0.15) is 5.82 Å². The molecule has 0 spiro atoms. The molecule has 3 N–H and O–H groups in total. The Morgan fingerprint density at radius 1 is 1.19 bits per heavy atom. The third-order valence-corrected chi connectivity index (χ3v) is 2.77. The summed E-state index contributed by atoms with van der Waals surface area (Å²) in [5.74, 6) is 1.23. The first-order valence-electron chi connectivity index (χ1n) is 7.02. The standard InChI is InChI=1S/C15H21N5O/c1-10(2)17-14-7-13(12-5-4-6-16-8-12)19-15(20-14)18-11(3)9-21/h4-8,10-11,21H,9H2,1-3H3,(H2,17,18,19,20)/t11-/m0/s1. The molecular formula is C15H21N5O. The lowest BCUT2D eigenvalue weighted by Gasteiger charge is -2.15. The summed E-state index contributed by atoms with van der Waals surface area (Å²) in [5.41, 5.74) is 1.71. The highest BCUT2D eigenvalue weighted by Gasteiger charge is 2.09. The van der Waals surface area contributed by atoms with Gasteiger partial charge in [-0.1, -0.05) is 0 Å². The summed E-state index contributed by atoms with van der Waals surface area (Å²) in [6.07, 6.45) is 3.49. The van der Waals surface area contributed by atoms with E-state index in [2.05, 4.69) is 39.4 Å². The van der Waals surface area contributed by atoms with Crippen molar-refractivity contribution in [1.82, 2.24) is 15.0 Å². The molecule has 0 aromatic carbocycles. The fraction of sp³-hybridized carbons (Fsp3) is 0.400. The van der Waals surface area contributed by atoms with Crippen molar-refractivity contribution in [2.45, 2.75) is 32.9 Å². The maximum atomic E-state index is 9.15. The predicted molar refractivity (Wildman–Crippen MR) is 84.2 cm³/mol. The Balaban J connectivity index is 2.37. The molecule has 2 aromatic rings. The van der Waals surface area contributed by atoms with Crippen molar-refractivity contribution in [2.24, 2.45) is 0 Å². The maximum Gasteiger partial charge on any atom is 0.225 e. The molecule has 21 heavy (non-hydrogen) atoms. The van der Waals surface area contributed by atoms with Crippen molar-refractivity contribution in [3.8, 4) is 11.3 Å². The molecule has 0 aliphatic carbocycles. The first kappa shape index (κ1) is 15.2. The lowest BCUT2D eigenvalue weighted by atomic mass is 10.2. The quantitative estimate of drug-likeness (QED) is 0.755. The van der Waals surface area contributed by atoms with Crippen LogP contribution in [0.2, 0.25) is 0 Å². The van der Waals surface area contributed by atoms with Gasteiger partial charge in [0, 0.05) is 36.1 Å². The summed E-state index contributed by atoms with van der Waals surface area (Å²) >= 11 is 0. The molecule has 0 fully saturated rings. The second kappa shape index (κ2) is 6.99. The Morgan fingerprint density at radius 3 is 2.62 bits per heavy atom. The van der Waals surface area contributed by atoms with Crippen LogP contribution < -0.4 is 10.6 Å². The molecule has 0 saturated heterocycles. The second-order valence-corrected chi connectivity index (χ2v) is 5.23. The van der Waals surface area contributed by atoms with Gasteiger partial charge in [0.2, 0.25) is 5.95 Å². The molecule has 2 rings (SSSR count). The number of rotatable bonds is 6. The second-order valence-electron chi connectivity index (χ2n) is 5.23. The monoisotopic (exact) mass is 287 g/mol. The zero-order chi connectivity index (χ0) is 15.2. The maximum absolute atomic E-state index is 9.15. The van der Waals surface area contributed by atoms with Gasteiger partial charge in [-0.2, -0.15) is 4.98 Å². The van der Waals surface area contributed by atoms with Gasteiger partial charge in [-0.15, -0.1) is 0 Å². The molecular weight excluding hydrogens is 266 g/mol. The number of anilines is 2. The van der Waals surface area contributed by atoms with Gasteiger partial charge >= 0.3 is 0 Å². The summed E-state index contributed by atoms with van der Waals surface area (Å²) in [4.78, 5) is 13.0. The first-order chi connectivity index (χ1) is 10.1. The molecule has 2 aromatic heterocycles. The average molecular weight is 287 g/mol. The van der Waals surface area contributed by atoms with Gasteiger partial charge in [0.05, 0.1) is 12.3 Å². The van der Waals surface area contributed by atoms with Crippen LogP contribution in [0, 0.1) is 0 Å². The highest BCUT2D eigenvalue weighted by atomic mass is 16.3. The Bertz CT molecular complexity index is 574. The lowest BCUT2D eigenvalue weighted by Crippen LogP contribution is -2.21. The van der Waals surface area contributed by atoms with Gasteiger partial charge in [0.25, 0.3) is 0 Å². The van der Waals surface area contributed by atoms with Crippen molar-refractivity contribution in [3.05, 3.63) is 30.6 Å². The van der Waals surface area contributed by atoms with E-state index in [1.54, 1.807) is 12.4 Å². The van der Waals surface area contributed by atoms with E-state index in [9.17, 15) is 0 Å². The number of nitrogens with one attached hydrogen (secondary N) is 2. The van der Waals surface area contributed by atoms with Gasteiger partial charge in [-0.3, -0.25) is 4.98 Å². The normalized spacial score (nSPS) is 12.2. The first-order valence-corrected chi connectivity index (χ1v) is 7.02. The van der Waals surface area contributed by atoms with Crippen LogP contribution in [0.3, 0.4) is 0 Å². The summed E-state index contributed by atoms with van der Waals surface area (Å²) in [6, 6.07) is 5.88. The van der Waals surface area contributed by atoms with E-state index in [0.29, 0.717) is 5.95 Å². The molecule has 0 aliphatic rings. The topological polar surface area (TPSA) is 83.0 Å². The molecule has 6 nitrogen and oxygen atoms in total. The summed E-state index contributed by atoms with van der Waals surface area (Å²) < 4.78 is 0. The van der Waals surface area contributed by atoms with E-state index >= 15 is 0 Å². The molecule has 0 saturated carbocycles. The zero-order valence-electron chi connectivity index (χ0n) is 12.5. The van der Waals surface area contributed by atoms with Gasteiger partial charge in [0.15, 0.2) is 0 Å². The predicted octanol–water partition coefficient (Wildman–Crippen LogP) is 2.15. The SMILES string of the molecule is CC(C)Nc1cc(-c2cccnc2)nc(N[C@@H](C)CO)n1. The third-order valence-electron chi connectivity index (χ3n) is 2.77. The minimum absolute atomic E-state index is 0.0213. The van der Waals surface area contributed by atoms with E-state index in [1.165, 1.54) is 0 Å². The van der Waals surface area contributed by atoms with Crippen molar-refractivity contribution < 1.29 is 5.11 Å². The smallest absolute Gasteiger partial charge is 0.225 e. The molecule has 0 bridgehead atoms. The van der Waals surface area contributed by atoms with E-state index in [-0.39, 0.29) is 18.7 Å². The fourth-order valence-corrected chi connectivity index (χ4v) is 1.81. The van der Waals surface area contributed by atoms with Crippen molar-refractivity contribution in [1.29, 1.82) is 0 Å². The number of aliphatic hydroxyl groups is 1. The Labute approximate surface area is 124 Å². The van der Waals surface area contributed by atoms with E-state index in [4.69, 9.17) is 5.11 Å². The van der Waals surface area contributed by atoms with E-state index in [0.717, 1.165) is 17.1 Å². The number of pyridine rings is 1. The van der Waals surface area contributed by atoms with Crippen LogP contribution in [-0.4, -0.2) is 38.7 Å². The Hall–Kier alpha value is -2.21. The molecule has 0 unspecified atom stereocenters. The Kier molecular flexibility index (Phi) is 5.05. The number of aromatic nitrogens is 3. The van der Waals surface area contributed by atoms with Crippen LogP contribution in [0.1, 0.15) is 20.8 Å². The summed E-state index contributed by atoms with van der Waals surface area (Å²) in [5, 5.41) is 15.5. The molecule has 1 atom stereocenters. The third kappa shape index (κ3) is 4.39. The lowest BCUT2D eigenvalue weighted by molar-refractivity contribution is 0.281. The number of hydrogen-bond donors (Lipinski definition) is 3. The summed E-state index contributed by atoms with van der Waals surface area (Å²) in [6.45, 7) is 5.99. The largest absolute Gasteiger partial charge is 0.394 e. The van der Waals surface area contributed by atoms with E-state index in [1.807, 2.05) is 25.1 Å². The molecule has 112 valence electrons. The molecule has 6 heteroatoms. The number of aliphatic hydroxyl groups excluding tert-OH is 1. The minimum atomic E-state index is -0.110. The van der Waals surface area contributed by atoms with E-state index < -0.39 is 0 Å². The average Bonchev–Trinajstić information content (AvgIpc) is 2.47. The van der Waals surface area contributed by atoms with Crippen LogP contribution in [0.15, 0.2) is 30.6 Å². The summed E-state index contributed by atoms with van der Waals surface area (Å²) in [7, 11) is 0. The molecule has 0 aliphatic heterocycles. The number of nitrogens with zero attached hydrogens (tertiary/aromatic N) is 3. The Morgan fingerprint density at radius 2 is 2.00 bits per heavy atom. The molecule has 0 amide bonds. The minimum Gasteiger partial charge on any atom is -0.394 e. The highest BCUT2D eigenvalue weighted by molar-refractivity contribution is 5.63.